The van der Waals surface area contributed by atoms with E-state index in [4.69, 9.17) is 25.6 Å². The number of rotatable bonds is 9. The van der Waals surface area contributed by atoms with Crippen LogP contribution in [0.3, 0.4) is 0 Å². The second-order valence-corrected chi connectivity index (χ2v) is 9.73. The first-order valence-electron chi connectivity index (χ1n) is 12.3. The van der Waals surface area contributed by atoms with Crippen molar-refractivity contribution < 1.29 is 23.6 Å². The van der Waals surface area contributed by atoms with Gasteiger partial charge in [0.05, 0.1) is 19.8 Å². The highest BCUT2D eigenvalue weighted by molar-refractivity contribution is 6.30. The summed E-state index contributed by atoms with van der Waals surface area (Å²) in [6.45, 7) is 5.70. The molecule has 0 saturated carbocycles. The summed E-state index contributed by atoms with van der Waals surface area (Å²) in [7, 11) is 0. The lowest BCUT2D eigenvalue weighted by atomic mass is 9.77. The molecule has 0 spiro atoms. The van der Waals surface area contributed by atoms with Crippen LogP contribution in [-0.4, -0.2) is 77.8 Å². The molecular weight excluding hydrogens is 472 g/mol. The van der Waals surface area contributed by atoms with Gasteiger partial charge in [-0.05, 0) is 31.0 Å². The van der Waals surface area contributed by atoms with E-state index in [0.29, 0.717) is 87.7 Å². The van der Waals surface area contributed by atoms with Crippen molar-refractivity contribution in [1.29, 1.82) is 0 Å². The summed E-state index contributed by atoms with van der Waals surface area (Å²) in [5, 5.41) is 4.49. The molecule has 2 amide bonds. The zero-order valence-corrected chi connectivity index (χ0v) is 21.0. The first-order valence-corrected chi connectivity index (χ1v) is 12.7. The number of carbonyl (C=O) groups excluding carboxylic acids is 2. The molecule has 1 unspecified atom stereocenters. The molecule has 2 saturated heterocycles. The number of hydrogen-bond donors (Lipinski definition) is 0. The fraction of sp³-hybridized carbons (Fsp3) is 0.600. The van der Waals surface area contributed by atoms with E-state index in [1.165, 1.54) is 0 Å². The number of nitrogens with zero attached hydrogens (tertiary/aromatic N) is 4. The molecular formula is C25H33ClN4O5. The van der Waals surface area contributed by atoms with E-state index in [0.717, 1.165) is 12.8 Å². The van der Waals surface area contributed by atoms with Gasteiger partial charge in [0.15, 0.2) is 5.82 Å². The van der Waals surface area contributed by atoms with Crippen LogP contribution in [-0.2, 0) is 27.2 Å². The Labute approximate surface area is 210 Å². The minimum atomic E-state index is -0.481. The molecule has 9 nitrogen and oxygen atoms in total. The SMILES string of the molecule is CCc1noc(CCC(=O)N2CCCC(COc3cccc(Cl)c3)(CC(=O)N3CCOCC3)C2)n1. The van der Waals surface area contributed by atoms with Crippen LogP contribution in [0.2, 0.25) is 5.02 Å². The monoisotopic (exact) mass is 504 g/mol. The molecule has 1 aromatic carbocycles. The van der Waals surface area contributed by atoms with Crippen molar-refractivity contribution in [3.63, 3.8) is 0 Å². The minimum Gasteiger partial charge on any atom is -0.493 e. The zero-order valence-electron chi connectivity index (χ0n) is 20.2. The summed E-state index contributed by atoms with van der Waals surface area (Å²) >= 11 is 6.12. The van der Waals surface area contributed by atoms with Crippen molar-refractivity contribution in [2.24, 2.45) is 5.41 Å². The van der Waals surface area contributed by atoms with E-state index in [-0.39, 0.29) is 18.2 Å². The summed E-state index contributed by atoms with van der Waals surface area (Å²) < 4.78 is 16.8. The van der Waals surface area contributed by atoms with Crippen LogP contribution in [0.25, 0.3) is 0 Å². The number of halogens is 1. The van der Waals surface area contributed by atoms with E-state index >= 15 is 0 Å². The second kappa shape index (κ2) is 11.9. The molecule has 2 fully saturated rings. The molecule has 0 bridgehead atoms. The van der Waals surface area contributed by atoms with Crippen molar-refractivity contribution in [2.45, 2.75) is 45.4 Å². The van der Waals surface area contributed by atoms with E-state index in [1.54, 1.807) is 12.1 Å². The van der Waals surface area contributed by atoms with Gasteiger partial charge in [0.25, 0.3) is 0 Å². The van der Waals surface area contributed by atoms with Crippen LogP contribution in [0.15, 0.2) is 28.8 Å². The van der Waals surface area contributed by atoms with E-state index < -0.39 is 5.41 Å². The Morgan fingerprint density at radius 1 is 1.17 bits per heavy atom. The highest BCUT2D eigenvalue weighted by Crippen LogP contribution is 2.36. The predicted octanol–water partition coefficient (Wildman–Crippen LogP) is 3.15. The molecule has 1 aromatic heterocycles. The average molecular weight is 505 g/mol. The maximum atomic E-state index is 13.2. The number of piperidine rings is 1. The molecule has 2 aliphatic heterocycles. The van der Waals surface area contributed by atoms with Gasteiger partial charge in [0.1, 0.15) is 5.75 Å². The number of amides is 2. The van der Waals surface area contributed by atoms with Crippen LogP contribution < -0.4 is 4.74 Å². The van der Waals surface area contributed by atoms with E-state index in [2.05, 4.69) is 10.1 Å². The molecule has 2 aromatic rings. The van der Waals surface area contributed by atoms with Crippen LogP contribution >= 0.6 is 11.6 Å². The number of carbonyl (C=O) groups is 2. The van der Waals surface area contributed by atoms with Gasteiger partial charge in [0.2, 0.25) is 17.7 Å². The number of benzene rings is 1. The van der Waals surface area contributed by atoms with Gasteiger partial charge in [-0.2, -0.15) is 4.98 Å². The molecule has 0 radical (unpaired) electrons. The van der Waals surface area contributed by atoms with Gasteiger partial charge in [-0.15, -0.1) is 0 Å². The molecule has 4 rings (SSSR count). The van der Waals surface area contributed by atoms with Crippen LogP contribution in [0, 0.1) is 5.41 Å². The molecule has 10 heteroatoms. The summed E-state index contributed by atoms with van der Waals surface area (Å²) in [5.41, 5.74) is -0.481. The number of hydrogen-bond acceptors (Lipinski definition) is 7. The van der Waals surface area contributed by atoms with E-state index in [9.17, 15) is 9.59 Å². The second-order valence-electron chi connectivity index (χ2n) is 9.29. The average Bonchev–Trinajstić information content (AvgIpc) is 3.35. The minimum absolute atomic E-state index is 0.0203. The van der Waals surface area contributed by atoms with Crippen molar-refractivity contribution in [2.75, 3.05) is 46.0 Å². The Hall–Kier alpha value is -2.65. The van der Waals surface area contributed by atoms with Crippen LogP contribution in [0.1, 0.15) is 44.3 Å². The Kier molecular flexibility index (Phi) is 8.62. The van der Waals surface area contributed by atoms with Gasteiger partial charge < -0.3 is 23.8 Å². The summed E-state index contributed by atoms with van der Waals surface area (Å²) in [5.74, 6) is 1.87. The first-order chi connectivity index (χ1) is 17.0. The molecule has 0 N–H and O–H groups in total. The van der Waals surface area contributed by atoms with Gasteiger partial charge in [-0.25, -0.2) is 0 Å². The fourth-order valence-corrected chi connectivity index (χ4v) is 4.86. The molecule has 35 heavy (non-hydrogen) atoms. The Balaban J connectivity index is 1.44. The van der Waals surface area contributed by atoms with E-state index in [1.807, 2.05) is 28.9 Å². The molecule has 1 atom stereocenters. The van der Waals surface area contributed by atoms with Crippen LogP contribution in [0.5, 0.6) is 5.75 Å². The standard InChI is InChI=1S/C25H33ClN4O5/c1-2-21-27-22(35-28-21)7-8-23(31)30-10-4-9-25(17-30,16-24(32)29-11-13-33-14-12-29)18-34-20-6-3-5-19(26)15-20/h3,5-6,15H,2,4,7-14,16-18H2,1H3. The largest absolute Gasteiger partial charge is 0.493 e. The van der Waals surface area contributed by atoms with Gasteiger partial charge in [-0.3, -0.25) is 9.59 Å². The fourth-order valence-electron chi connectivity index (χ4n) is 4.68. The van der Waals surface area contributed by atoms with Crippen LogP contribution in [0.4, 0.5) is 0 Å². The van der Waals surface area contributed by atoms with Crippen molar-refractivity contribution in [3.8, 4) is 5.75 Å². The number of aryl methyl sites for hydroxylation is 2. The third-order valence-electron chi connectivity index (χ3n) is 6.62. The third kappa shape index (κ3) is 6.95. The van der Waals surface area contributed by atoms with Gasteiger partial charge >= 0.3 is 0 Å². The topological polar surface area (TPSA) is 98.0 Å². The lowest BCUT2D eigenvalue weighted by Gasteiger charge is -2.43. The number of aromatic nitrogens is 2. The number of morpholine rings is 1. The summed E-state index contributed by atoms with van der Waals surface area (Å²) in [6, 6.07) is 7.24. The maximum absolute atomic E-state index is 13.2. The lowest BCUT2D eigenvalue weighted by Crippen LogP contribution is -2.52. The maximum Gasteiger partial charge on any atom is 0.227 e. The smallest absolute Gasteiger partial charge is 0.227 e. The van der Waals surface area contributed by atoms with Gasteiger partial charge in [-0.1, -0.05) is 29.7 Å². The van der Waals surface area contributed by atoms with Gasteiger partial charge in [0, 0.05) is 62.3 Å². The third-order valence-corrected chi connectivity index (χ3v) is 6.86. The number of ether oxygens (including phenoxy) is 2. The molecule has 3 heterocycles. The predicted molar refractivity (Wildman–Crippen MR) is 129 cm³/mol. The summed E-state index contributed by atoms with van der Waals surface area (Å²) in [6.07, 6.45) is 3.31. The molecule has 190 valence electrons. The molecule has 2 aliphatic rings. The summed E-state index contributed by atoms with van der Waals surface area (Å²) in [4.78, 5) is 34.3. The van der Waals surface area contributed by atoms with Crippen molar-refractivity contribution >= 4 is 23.4 Å². The zero-order chi connectivity index (χ0) is 24.7. The number of likely N-dealkylation sites (tertiary alicyclic amines) is 1. The highest BCUT2D eigenvalue weighted by atomic mass is 35.5. The quantitative estimate of drug-likeness (QED) is 0.517. The van der Waals surface area contributed by atoms with Crippen molar-refractivity contribution in [1.82, 2.24) is 19.9 Å². The Bertz CT molecular complexity index is 1010. The lowest BCUT2D eigenvalue weighted by molar-refractivity contribution is -0.143. The first kappa shape index (κ1) is 25.4. The molecule has 0 aliphatic carbocycles. The van der Waals surface area contributed by atoms with Crippen molar-refractivity contribution in [3.05, 3.63) is 41.0 Å². The highest BCUT2D eigenvalue weighted by Gasteiger charge is 2.41. The Morgan fingerprint density at radius 3 is 2.74 bits per heavy atom. The Morgan fingerprint density at radius 2 is 2.00 bits per heavy atom. The normalized spacial score (nSPS) is 20.6.